The second-order valence-electron chi connectivity index (χ2n) is 3.87. The number of nitrogens with zero attached hydrogens (tertiary/aromatic N) is 3. The van der Waals surface area contributed by atoms with Gasteiger partial charge in [0.05, 0.1) is 0 Å². The van der Waals surface area contributed by atoms with Crippen molar-refractivity contribution in [3.63, 3.8) is 0 Å². The highest BCUT2D eigenvalue weighted by Crippen LogP contribution is 2.18. The molecule has 0 aromatic heterocycles. The van der Waals surface area contributed by atoms with Crippen LogP contribution in [-0.4, -0.2) is 42.8 Å². The van der Waals surface area contributed by atoms with E-state index in [9.17, 15) is 9.90 Å². The third-order valence-corrected chi connectivity index (χ3v) is 2.83. The zero-order chi connectivity index (χ0) is 11.9. The van der Waals surface area contributed by atoms with Gasteiger partial charge in [0, 0.05) is 11.5 Å². The van der Waals surface area contributed by atoms with E-state index in [1.54, 1.807) is 0 Å². The van der Waals surface area contributed by atoms with Gasteiger partial charge in [0.15, 0.2) is 0 Å². The van der Waals surface area contributed by atoms with Gasteiger partial charge in [0.2, 0.25) is 0 Å². The molecule has 0 bridgehead atoms. The number of carboxylic acids is 1. The van der Waals surface area contributed by atoms with Crippen LogP contribution in [0.1, 0.15) is 19.3 Å². The summed E-state index contributed by atoms with van der Waals surface area (Å²) in [6, 6.07) is 0. The molecule has 0 amide bonds. The molecule has 0 unspecified atom stereocenters. The van der Waals surface area contributed by atoms with E-state index in [-0.39, 0.29) is 0 Å². The predicted molar refractivity (Wildman–Crippen MR) is 59.1 cm³/mol. The Morgan fingerprint density at radius 1 is 1.56 bits per heavy atom. The molecular weight excluding hydrogens is 210 g/mol. The molecular formula is C9H17N5O2. The van der Waals surface area contributed by atoms with Gasteiger partial charge in [-0.15, -0.1) is 0 Å². The summed E-state index contributed by atoms with van der Waals surface area (Å²) in [5.41, 5.74) is 7.28. The van der Waals surface area contributed by atoms with Gasteiger partial charge in [0.1, 0.15) is 5.54 Å². The van der Waals surface area contributed by atoms with Crippen LogP contribution in [0.15, 0.2) is 5.11 Å². The molecule has 0 aromatic carbocycles. The van der Waals surface area contributed by atoms with Crippen LogP contribution in [0.25, 0.3) is 10.4 Å². The first-order valence-corrected chi connectivity index (χ1v) is 5.41. The Bertz CT molecular complexity index is 282. The Balaban J connectivity index is 2.38. The molecule has 1 saturated heterocycles. The molecule has 7 heteroatoms. The predicted octanol–water partition coefficient (Wildman–Crippen LogP) is 0.483. The van der Waals surface area contributed by atoms with Crippen molar-refractivity contribution >= 4 is 5.97 Å². The highest BCUT2D eigenvalue weighted by Gasteiger charge is 2.38. The van der Waals surface area contributed by atoms with Gasteiger partial charge in [0.25, 0.3) is 0 Å². The maximum Gasteiger partial charge on any atom is 0.323 e. The van der Waals surface area contributed by atoms with Gasteiger partial charge in [-0.2, -0.15) is 0 Å². The first-order chi connectivity index (χ1) is 7.71. The molecule has 7 nitrogen and oxygen atoms in total. The minimum Gasteiger partial charge on any atom is -0.480 e. The highest BCUT2D eigenvalue weighted by molar-refractivity contribution is 5.79. The van der Waals surface area contributed by atoms with E-state index >= 15 is 0 Å². The lowest BCUT2D eigenvalue weighted by atomic mass is 9.88. The first kappa shape index (κ1) is 12.8. The number of hydrogen-bond acceptors (Lipinski definition) is 4. The normalized spacial score (nSPS) is 18.8. The Kier molecular flexibility index (Phi) is 5.04. The van der Waals surface area contributed by atoms with Crippen LogP contribution >= 0.6 is 0 Å². The molecule has 16 heavy (non-hydrogen) atoms. The van der Waals surface area contributed by atoms with E-state index in [1.165, 1.54) is 0 Å². The number of nitrogens with one attached hydrogen (secondary N) is 2. The van der Waals surface area contributed by atoms with Crippen molar-refractivity contribution in [2.24, 2.45) is 5.11 Å². The third-order valence-electron chi connectivity index (χ3n) is 2.83. The Hall–Kier alpha value is -1.30. The van der Waals surface area contributed by atoms with E-state index in [1.807, 2.05) is 0 Å². The average Bonchev–Trinajstić information content (AvgIpc) is 2.30. The topological polar surface area (TPSA) is 110 Å². The van der Waals surface area contributed by atoms with E-state index < -0.39 is 11.5 Å². The summed E-state index contributed by atoms with van der Waals surface area (Å²) < 4.78 is 0. The summed E-state index contributed by atoms with van der Waals surface area (Å²) in [4.78, 5) is 13.9. The van der Waals surface area contributed by atoms with Gasteiger partial charge in [-0.1, -0.05) is 5.11 Å². The van der Waals surface area contributed by atoms with Crippen LogP contribution in [0.4, 0.5) is 0 Å². The lowest BCUT2D eigenvalue weighted by molar-refractivity contribution is -0.146. The van der Waals surface area contributed by atoms with Crippen LogP contribution in [-0.2, 0) is 4.79 Å². The zero-order valence-corrected chi connectivity index (χ0v) is 9.15. The quantitative estimate of drug-likeness (QED) is 0.265. The number of carbonyl (C=O) groups is 1. The van der Waals surface area contributed by atoms with Crippen molar-refractivity contribution in [3.8, 4) is 0 Å². The highest BCUT2D eigenvalue weighted by atomic mass is 16.4. The molecule has 0 aromatic rings. The van der Waals surface area contributed by atoms with Crippen LogP contribution in [0.3, 0.4) is 0 Å². The van der Waals surface area contributed by atoms with Crippen LogP contribution in [0.5, 0.6) is 0 Å². The van der Waals surface area contributed by atoms with Crippen molar-refractivity contribution < 1.29 is 9.90 Å². The van der Waals surface area contributed by atoms with Crippen LogP contribution < -0.4 is 10.6 Å². The summed E-state index contributed by atoms with van der Waals surface area (Å²) in [5.74, 6) is -0.794. The van der Waals surface area contributed by atoms with Crippen molar-refractivity contribution in [3.05, 3.63) is 10.4 Å². The number of carboxylic acid groups (broad SMARTS) is 1. The maximum absolute atomic E-state index is 11.2. The Labute approximate surface area is 93.8 Å². The molecule has 0 aliphatic carbocycles. The van der Waals surface area contributed by atoms with Crippen molar-refractivity contribution in [1.29, 1.82) is 0 Å². The molecule has 0 saturated carbocycles. The van der Waals surface area contributed by atoms with Gasteiger partial charge in [-0.25, -0.2) is 0 Å². The Morgan fingerprint density at radius 2 is 2.25 bits per heavy atom. The number of hydrogen-bond donors (Lipinski definition) is 3. The molecule has 90 valence electrons. The second-order valence-corrected chi connectivity index (χ2v) is 3.87. The minimum atomic E-state index is -0.804. The zero-order valence-electron chi connectivity index (χ0n) is 9.15. The minimum absolute atomic E-state index is 0.400. The third kappa shape index (κ3) is 3.37. The van der Waals surface area contributed by atoms with Gasteiger partial charge < -0.3 is 15.7 Å². The van der Waals surface area contributed by atoms with Crippen LogP contribution in [0.2, 0.25) is 0 Å². The number of rotatable bonds is 6. The van der Waals surface area contributed by atoms with Crippen molar-refractivity contribution in [2.45, 2.75) is 24.8 Å². The molecule has 1 fully saturated rings. The van der Waals surface area contributed by atoms with Gasteiger partial charge in [-0.3, -0.25) is 4.79 Å². The molecule has 1 rings (SSSR count). The number of piperidine rings is 1. The maximum atomic E-state index is 11.2. The summed E-state index contributed by atoms with van der Waals surface area (Å²) >= 11 is 0. The second kappa shape index (κ2) is 6.32. The smallest absolute Gasteiger partial charge is 0.323 e. The summed E-state index contributed by atoms with van der Waals surface area (Å²) in [5, 5.41) is 18.8. The lowest BCUT2D eigenvalue weighted by Crippen LogP contribution is -2.58. The molecule has 0 spiro atoms. The molecule has 0 atom stereocenters. The molecule has 0 radical (unpaired) electrons. The van der Waals surface area contributed by atoms with Crippen molar-refractivity contribution in [2.75, 3.05) is 26.2 Å². The van der Waals surface area contributed by atoms with Crippen molar-refractivity contribution in [1.82, 2.24) is 10.6 Å². The SMILES string of the molecule is [N-]=[N+]=NCCCNC1(C(=O)O)CCNCC1. The fourth-order valence-corrected chi connectivity index (χ4v) is 1.84. The fourth-order valence-electron chi connectivity index (χ4n) is 1.84. The van der Waals surface area contributed by atoms with E-state index in [0.717, 1.165) is 13.1 Å². The van der Waals surface area contributed by atoms with E-state index in [0.29, 0.717) is 32.4 Å². The first-order valence-electron chi connectivity index (χ1n) is 5.41. The standard InChI is InChI=1S/C9H17N5O2/c10-14-13-5-1-4-12-9(8(15)16)2-6-11-7-3-9/h11-12H,1-7H2,(H,15,16). The number of aliphatic carboxylic acids is 1. The Morgan fingerprint density at radius 3 is 2.81 bits per heavy atom. The average molecular weight is 227 g/mol. The van der Waals surface area contributed by atoms with Crippen LogP contribution in [0, 0.1) is 0 Å². The monoisotopic (exact) mass is 227 g/mol. The van der Waals surface area contributed by atoms with E-state index in [4.69, 9.17) is 5.53 Å². The van der Waals surface area contributed by atoms with Gasteiger partial charge in [-0.05, 0) is 44.4 Å². The molecule has 1 aliphatic rings. The summed E-state index contributed by atoms with van der Waals surface area (Å²) in [6.45, 7) is 2.40. The fraction of sp³-hybridized carbons (Fsp3) is 0.889. The number of azide groups is 1. The molecule has 1 aliphatic heterocycles. The van der Waals surface area contributed by atoms with Gasteiger partial charge >= 0.3 is 5.97 Å². The summed E-state index contributed by atoms with van der Waals surface area (Å²) in [7, 11) is 0. The molecule has 1 heterocycles. The van der Waals surface area contributed by atoms with E-state index in [2.05, 4.69) is 20.7 Å². The summed E-state index contributed by atoms with van der Waals surface area (Å²) in [6.07, 6.45) is 1.83. The largest absolute Gasteiger partial charge is 0.480 e. The molecule has 3 N–H and O–H groups in total. The lowest BCUT2D eigenvalue weighted by Gasteiger charge is -2.34.